The minimum Gasteiger partial charge on any atom is -0.396 e. The number of halogens is 3. The number of nitrogens with zero attached hydrogens (tertiary/aromatic N) is 1. The Morgan fingerprint density at radius 2 is 2.05 bits per heavy atom. The number of carbonyl (C=O) groups excluding carboxylic acids is 1. The van der Waals surface area contributed by atoms with Crippen molar-refractivity contribution >= 4 is 5.91 Å². The molecule has 2 N–H and O–H groups in total. The van der Waals surface area contributed by atoms with E-state index in [-0.39, 0.29) is 17.7 Å². The van der Waals surface area contributed by atoms with Crippen LogP contribution in [0.3, 0.4) is 0 Å². The number of rotatable bonds is 5. The molecule has 0 aromatic carbocycles. The van der Waals surface area contributed by atoms with Gasteiger partial charge in [0.05, 0.1) is 6.61 Å². The molecule has 1 aliphatic carbocycles. The van der Waals surface area contributed by atoms with Crippen molar-refractivity contribution in [1.82, 2.24) is 9.88 Å². The highest BCUT2D eigenvalue weighted by atomic mass is 19.4. The molecule has 0 radical (unpaired) electrons. The van der Waals surface area contributed by atoms with Gasteiger partial charge in [-0.25, -0.2) is 0 Å². The van der Waals surface area contributed by atoms with Gasteiger partial charge in [0.25, 0.3) is 5.91 Å². The molecule has 1 amide bonds. The predicted octanol–water partition coefficient (Wildman–Crippen LogP) is 2.33. The highest BCUT2D eigenvalue weighted by Gasteiger charge is 2.34. The van der Waals surface area contributed by atoms with E-state index in [1.54, 1.807) is 0 Å². The van der Waals surface area contributed by atoms with E-state index >= 15 is 0 Å². The average molecular weight is 304 g/mol. The Morgan fingerprint density at radius 3 is 2.62 bits per heavy atom. The quantitative estimate of drug-likeness (QED) is 0.877. The molecule has 1 aromatic rings. The maximum absolute atomic E-state index is 12.4. The third-order valence-corrected chi connectivity index (χ3v) is 4.04. The van der Waals surface area contributed by atoms with Gasteiger partial charge >= 0.3 is 6.18 Å². The lowest BCUT2D eigenvalue weighted by Gasteiger charge is -2.26. The minimum absolute atomic E-state index is 0.0154. The topological polar surface area (TPSA) is 54.3 Å². The molecule has 1 aliphatic rings. The molecule has 0 aliphatic heterocycles. The van der Waals surface area contributed by atoms with Crippen LogP contribution >= 0.6 is 0 Å². The lowest BCUT2D eigenvalue weighted by atomic mass is 9.87. The molecular weight excluding hydrogens is 285 g/mol. The van der Waals surface area contributed by atoms with Crippen LogP contribution in [0.15, 0.2) is 18.3 Å². The third-order valence-electron chi connectivity index (χ3n) is 4.04. The second-order valence-electron chi connectivity index (χ2n) is 5.68. The van der Waals surface area contributed by atoms with Crippen molar-refractivity contribution in [1.29, 1.82) is 0 Å². The fraction of sp³-hybridized carbons (Fsp3) is 0.643. The molecule has 1 aromatic heterocycles. The molecule has 0 saturated heterocycles. The predicted molar refractivity (Wildman–Crippen MR) is 70.8 cm³/mol. The smallest absolute Gasteiger partial charge is 0.396 e. The minimum atomic E-state index is -4.37. The molecule has 0 bridgehead atoms. The van der Waals surface area contributed by atoms with Crippen molar-refractivity contribution < 1.29 is 23.1 Å². The maximum Gasteiger partial charge on any atom is 0.406 e. The second kappa shape index (κ2) is 6.09. The molecule has 7 heteroatoms. The van der Waals surface area contributed by atoms with Gasteiger partial charge in [0.1, 0.15) is 12.2 Å². The first-order chi connectivity index (χ1) is 9.85. The molecule has 1 heterocycles. The fourth-order valence-electron chi connectivity index (χ4n) is 2.83. The summed E-state index contributed by atoms with van der Waals surface area (Å²) in [6.45, 7) is -0.912. The summed E-state index contributed by atoms with van der Waals surface area (Å²) >= 11 is 0. The first kappa shape index (κ1) is 15.9. The van der Waals surface area contributed by atoms with E-state index in [9.17, 15) is 23.1 Å². The summed E-state index contributed by atoms with van der Waals surface area (Å²) < 4.78 is 38.2. The van der Waals surface area contributed by atoms with E-state index in [1.165, 1.54) is 18.3 Å². The Kier molecular flexibility index (Phi) is 4.61. The van der Waals surface area contributed by atoms with Crippen LogP contribution < -0.4 is 5.32 Å². The number of aliphatic hydroxyl groups excluding tert-OH is 1. The Labute approximate surface area is 120 Å². The second-order valence-corrected chi connectivity index (χ2v) is 5.68. The summed E-state index contributed by atoms with van der Waals surface area (Å²) in [5.41, 5.74) is -0.338. The van der Waals surface area contributed by atoms with E-state index < -0.39 is 18.6 Å². The molecule has 21 heavy (non-hydrogen) atoms. The number of carbonyl (C=O) groups is 1. The van der Waals surface area contributed by atoms with Crippen molar-refractivity contribution in [2.75, 3.05) is 13.2 Å². The van der Waals surface area contributed by atoms with Crippen LogP contribution in [0, 0.1) is 5.41 Å². The first-order valence-electron chi connectivity index (χ1n) is 6.96. The van der Waals surface area contributed by atoms with Crippen LogP contribution in [0.1, 0.15) is 36.2 Å². The van der Waals surface area contributed by atoms with Gasteiger partial charge in [-0.15, -0.1) is 0 Å². The van der Waals surface area contributed by atoms with Crippen LogP contribution in [0.5, 0.6) is 0 Å². The summed E-state index contributed by atoms with van der Waals surface area (Å²) in [7, 11) is 0. The van der Waals surface area contributed by atoms with Crippen molar-refractivity contribution in [3.63, 3.8) is 0 Å². The average Bonchev–Trinajstić information content (AvgIpc) is 3.04. The van der Waals surface area contributed by atoms with E-state index in [0.29, 0.717) is 6.54 Å². The molecule has 1 saturated carbocycles. The normalized spacial score (nSPS) is 17.9. The molecule has 2 rings (SSSR count). The van der Waals surface area contributed by atoms with Gasteiger partial charge in [-0.1, -0.05) is 12.8 Å². The van der Waals surface area contributed by atoms with Gasteiger partial charge in [-0.2, -0.15) is 13.2 Å². The number of aromatic nitrogens is 1. The zero-order valence-electron chi connectivity index (χ0n) is 11.6. The monoisotopic (exact) mass is 304 g/mol. The summed E-state index contributed by atoms with van der Waals surface area (Å²) in [4.78, 5) is 12.0. The van der Waals surface area contributed by atoms with Gasteiger partial charge < -0.3 is 15.0 Å². The standard InChI is InChI=1S/C14H19F3N2O2/c15-14(16,17)9-19-7-3-4-11(19)12(21)18-8-13(10-20)5-1-2-6-13/h3-4,7,20H,1-2,5-6,8-10H2,(H,18,21). The molecule has 0 atom stereocenters. The van der Waals surface area contributed by atoms with Crippen molar-refractivity contribution in [3.05, 3.63) is 24.0 Å². The highest BCUT2D eigenvalue weighted by Crippen LogP contribution is 2.36. The lowest BCUT2D eigenvalue weighted by Crippen LogP contribution is -2.39. The Hall–Kier alpha value is -1.50. The molecule has 0 spiro atoms. The number of aliphatic hydroxyl groups is 1. The van der Waals surface area contributed by atoms with Crippen molar-refractivity contribution in [2.45, 2.75) is 38.4 Å². The maximum atomic E-state index is 12.4. The molecule has 0 unspecified atom stereocenters. The number of hydrogen-bond donors (Lipinski definition) is 2. The van der Waals surface area contributed by atoms with Gasteiger partial charge in [0, 0.05) is 18.2 Å². The SMILES string of the molecule is O=C(NCC1(CO)CCCC1)c1cccn1CC(F)(F)F. The van der Waals surface area contributed by atoms with Crippen LogP contribution in [-0.2, 0) is 6.54 Å². The summed E-state index contributed by atoms with van der Waals surface area (Å²) in [5, 5.41) is 12.1. The summed E-state index contributed by atoms with van der Waals surface area (Å²) in [6, 6.07) is 2.78. The Morgan fingerprint density at radius 1 is 1.38 bits per heavy atom. The first-order valence-corrected chi connectivity index (χ1v) is 6.96. The van der Waals surface area contributed by atoms with Crippen LogP contribution in [-0.4, -0.2) is 34.9 Å². The van der Waals surface area contributed by atoms with E-state index in [0.717, 1.165) is 30.3 Å². The number of amides is 1. The molecule has 4 nitrogen and oxygen atoms in total. The van der Waals surface area contributed by atoms with Gasteiger partial charge in [-0.3, -0.25) is 4.79 Å². The van der Waals surface area contributed by atoms with E-state index in [4.69, 9.17) is 0 Å². The van der Waals surface area contributed by atoms with Gasteiger partial charge in [0.2, 0.25) is 0 Å². The largest absolute Gasteiger partial charge is 0.406 e. The van der Waals surface area contributed by atoms with Crippen molar-refractivity contribution in [2.24, 2.45) is 5.41 Å². The Bertz CT molecular complexity index is 491. The lowest BCUT2D eigenvalue weighted by molar-refractivity contribution is -0.140. The van der Waals surface area contributed by atoms with Gasteiger partial charge in [0.15, 0.2) is 0 Å². The zero-order valence-corrected chi connectivity index (χ0v) is 11.6. The molecular formula is C14H19F3N2O2. The van der Waals surface area contributed by atoms with E-state index in [1.807, 2.05) is 0 Å². The Balaban J connectivity index is 1.99. The zero-order chi connectivity index (χ0) is 15.5. The molecule has 1 fully saturated rings. The number of hydrogen-bond acceptors (Lipinski definition) is 2. The molecule has 118 valence electrons. The van der Waals surface area contributed by atoms with Crippen LogP contribution in [0.25, 0.3) is 0 Å². The fourth-order valence-corrected chi connectivity index (χ4v) is 2.83. The number of nitrogens with one attached hydrogen (secondary N) is 1. The summed E-state index contributed by atoms with van der Waals surface area (Å²) in [6.07, 6.45) is 0.522. The van der Waals surface area contributed by atoms with Crippen molar-refractivity contribution in [3.8, 4) is 0 Å². The summed E-state index contributed by atoms with van der Waals surface area (Å²) in [5.74, 6) is -0.538. The van der Waals surface area contributed by atoms with Gasteiger partial charge in [-0.05, 0) is 25.0 Å². The number of alkyl halides is 3. The van der Waals surface area contributed by atoms with Crippen LogP contribution in [0.4, 0.5) is 13.2 Å². The van der Waals surface area contributed by atoms with E-state index in [2.05, 4.69) is 5.32 Å². The van der Waals surface area contributed by atoms with Crippen LogP contribution in [0.2, 0.25) is 0 Å². The highest BCUT2D eigenvalue weighted by molar-refractivity contribution is 5.92. The third kappa shape index (κ3) is 4.00.